The van der Waals surface area contributed by atoms with Crippen LogP contribution in [0.25, 0.3) is 0 Å². The first-order valence-electron chi connectivity index (χ1n) is 9.12. The molecule has 3 rings (SSSR count). The van der Waals surface area contributed by atoms with Gasteiger partial charge in [-0.2, -0.15) is 0 Å². The first-order valence-corrected chi connectivity index (χ1v) is 9.12. The van der Waals surface area contributed by atoms with Gasteiger partial charge in [0, 0.05) is 0 Å². The number of imide groups is 1. The van der Waals surface area contributed by atoms with E-state index in [1.165, 1.54) is 0 Å². The predicted octanol–water partition coefficient (Wildman–Crippen LogP) is 3.00. The van der Waals surface area contributed by atoms with Gasteiger partial charge in [-0.25, -0.2) is 9.59 Å². The first kappa shape index (κ1) is 18.4. The van der Waals surface area contributed by atoms with Crippen molar-refractivity contribution in [1.29, 1.82) is 0 Å². The lowest BCUT2D eigenvalue weighted by Crippen LogP contribution is -2.46. The Hall–Kier alpha value is -2.37. The number of ether oxygens (including phenoxy) is 1. The molecule has 6 nitrogen and oxygen atoms in total. The van der Waals surface area contributed by atoms with E-state index in [1.54, 1.807) is 19.1 Å². The Morgan fingerprint density at radius 2 is 1.88 bits per heavy atom. The summed E-state index contributed by atoms with van der Waals surface area (Å²) in [6, 6.07) is 6.82. The Balaban J connectivity index is 1.62. The number of hydrogen-bond acceptors (Lipinski definition) is 4. The fraction of sp³-hybridized carbons (Fsp3) is 0.550. The molecule has 3 amide bonds. The molecule has 0 bridgehead atoms. The van der Waals surface area contributed by atoms with Crippen molar-refractivity contribution in [2.45, 2.75) is 57.9 Å². The Bertz CT molecular complexity index is 737. The molecule has 0 radical (unpaired) electrons. The van der Waals surface area contributed by atoms with Crippen LogP contribution in [-0.4, -0.2) is 34.9 Å². The Kier molecular flexibility index (Phi) is 4.54. The number of carbonyl (C=O) groups excluding carboxylic acids is 3. The molecule has 1 aromatic rings. The summed E-state index contributed by atoms with van der Waals surface area (Å²) < 4.78 is 5.31. The van der Waals surface area contributed by atoms with E-state index in [0.29, 0.717) is 5.75 Å². The molecule has 2 aliphatic rings. The highest BCUT2D eigenvalue weighted by atomic mass is 16.5. The van der Waals surface area contributed by atoms with Gasteiger partial charge in [0.15, 0.2) is 0 Å². The van der Waals surface area contributed by atoms with Gasteiger partial charge in [-0.05, 0) is 55.2 Å². The quantitative estimate of drug-likeness (QED) is 0.482. The molecule has 1 atom stereocenters. The highest BCUT2D eigenvalue weighted by molar-refractivity contribution is 6.08. The molecule has 1 heterocycles. The van der Waals surface area contributed by atoms with Crippen molar-refractivity contribution in [3.05, 3.63) is 29.8 Å². The topological polar surface area (TPSA) is 75.7 Å². The van der Waals surface area contributed by atoms with Crippen molar-refractivity contribution >= 4 is 17.9 Å². The molecule has 0 spiro atoms. The second-order valence-electron chi connectivity index (χ2n) is 8.03. The molecule has 6 heteroatoms. The zero-order valence-electron chi connectivity index (χ0n) is 15.8. The molecule has 140 valence electrons. The lowest BCUT2D eigenvalue weighted by atomic mass is 9.82. The number of amides is 3. The predicted molar refractivity (Wildman–Crippen MR) is 96.8 cm³/mol. The second-order valence-corrected chi connectivity index (χ2v) is 8.03. The standard InChI is InChI=1S/C20H26N2O4/c1-5-19(2,3)13-8-10-15(11-9-13)26-16(23)12-22-17(24)20(4,14-6-7-14)21-18(22)25/h8-11,14H,5-7,12H2,1-4H3,(H,21,25). The summed E-state index contributed by atoms with van der Waals surface area (Å²) in [6.45, 7) is 7.78. The average molecular weight is 358 g/mol. The van der Waals surface area contributed by atoms with Crippen LogP contribution in [0.3, 0.4) is 0 Å². The van der Waals surface area contributed by atoms with Crippen LogP contribution in [0.1, 0.15) is 52.5 Å². The van der Waals surface area contributed by atoms with Gasteiger partial charge in [0.05, 0.1) is 0 Å². The van der Waals surface area contributed by atoms with Crippen LogP contribution in [0.4, 0.5) is 4.79 Å². The van der Waals surface area contributed by atoms with Crippen LogP contribution in [-0.2, 0) is 15.0 Å². The summed E-state index contributed by atoms with van der Waals surface area (Å²) in [5, 5.41) is 2.72. The molecule has 1 saturated heterocycles. The van der Waals surface area contributed by atoms with Gasteiger partial charge in [-0.1, -0.05) is 32.9 Å². The molecule has 1 N–H and O–H groups in total. The highest BCUT2D eigenvalue weighted by Crippen LogP contribution is 2.42. The SMILES string of the molecule is CCC(C)(C)c1ccc(OC(=O)CN2C(=O)NC(C)(C3CC3)C2=O)cc1. The minimum absolute atomic E-state index is 0.0515. The lowest BCUT2D eigenvalue weighted by Gasteiger charge is -2.23. The zero-order chi connectivity index (χ0) is 19.1. The van der Waals surface area contributed by atoms with Gasteiger partial charge in [0.1, 0.15) is 17.8 Å². The molecular weight excluding hydrogens is 332 g/mol. The molecule has 1 unspecified atom stereocenters. The van der Waals surface area contributed by atoms with Crippen LogP contribution in [0.5, 0.6) is 5.75 Å². The van der Waals surface area contributed by atoms with Crippen LogP contribution in [0, 0.1) is 5.92 Å². The average Bonchev–Trinajstić information content (AvgIpc) is 3.42. The van der Waals surface area contributed by atoms with Gasteiger partial charge < -0.3 is 10.1 Å². The smallest absolute Gasteiger partial charge is 0.331 e. The number of nitrogens with one attached hydrogen (secondary N) is 1. The molecule has 1 saturated carbocycles. The second kappa shape index (κ2) is 6.41. The lowest BCUT2D eigenvalue weighted by molar-refractivity contribution is -0.141. The number of esters is 1. The van der Waals surface area contributed by atoms with Crippen LogP contribution >= 0.6 is 0 Å². The summed E-state index contributed by atoms with van der Waals surface area (Å²) in [5.41, 5.74) is 0.328. The fourth-order valence-electron chi connectivity index (χ4n) is 3.27. The number of benzene rings is 1. The summed E-state index contributed by atoms with van der Waals surface area (Å²) in [4.78, 5) is 37.8. The van der Waals surface area contributed by atoms with Crippen molar-refractivity contribution in [3.63, 3.8) is 0 Å². The van der Waals surface area contributed by atoms with E-state index in [9.17, 15) is 14.4 Å². The van der Waals surface area contributed by atoms with Crippen molar-refractivity contribution in [3.8, 4) is 5.75 Å². The van der Waals surface area contributed by atoms with E-state index < -0.39 is 17.5 Å². The maximum absolute atomic E-state index is 12.5. The first-order chi connectivity index (χ1) is 12.2. The zero-order valence-corrected chi connectivity index (χ0v) is 15.8. The third-order valence-electron chi connectivity index (χ3n) is 5.73. The van der Waals surface area contributed by atoms with Crippen LogP contribution < -0.4 is 10.1 Å². The summed E-state index contributed by atoms with van der Waals surface area (Å²) in [7, 11) is 0. The van der Waals surface area contributed by atoms with Crippen molar-refractivity contribution in [1.82, 2.24) is 10.2 Å². The number of nitrogens with zero attached hydrogens (tertiary/aromatic N) is 1. The fourth-order valence-corrected chi connectivity index (χ4v) is 3.27. The molecule has 26 heavy (non-hydrogen) atoms. The molecule has 2 fully saturated rings. The monoisotopic (exact) mass is 358 g/mol. The van der Waals surface area contributed by atoms with Crippen LogP contribution in [0.2, 0.25) is 0 Å². The van der Waals surface area contributed by atoms with Crippen molar-refractivity contribution in [2.24, 2.45) is 5.92 Å². The van der Waals surface area contributed by atoms with E-state index in [1.807, 2.05) is 12.1 Å². The molecule has 1 aromatic carbocycles. The Morgan fingerprint density at radius 1 is 1.27 bits per heavy atom. The summed E-state index contributed by atoms with van der Waals surface area (Å²) >= 11 is 0. The van der Waals surface area contributed by atoms with Gasteiger partial charge in [0.2, 0.25) is 0 Å². The minimum Gasteiger partial charge on any atom is -0.425 e. The van der Waals surface area contributed by atoms with Crippen molar-refractivity contribution < 1.29 is 19.1 Å². The third-order valence-corrected chi connectivity index (χ3v) is 5.73. The summed E-state index contributed by atoms with van der Waals surface area (Å²) in [6.07, 6.45) is 2.83. The highest BCUT2D eigenvalue weighted by Gasteiger charge is 2.56. The Morgan fingerprint density at radius 3 is 2.42 bits per heavy atom. The largest absolute Gasteiger partial charge is 0.425 e. The molecule has 0 aromatic heterocycles. The van der Waals surface area contributed by atoms with Gasteiger partial charge in [-0.15, -0.1) is 0 Å². The number of rotatable bonds is 6. The van der Waals surface area contributed by atoms with Crippen LogP contribution in [0.15, 0.2) is 24.3 Å². The molecule has 1 aliphatic heterocycles. The van der Waals surface area contributed by atoms with E-state index >= 15 is 0 Å². The maximum atomic E-state index is 12.5. The summed E-state index contributed by atoms with van der Waals surface area (Å²) in [5.74, 6) is -0.407. The van der Waals surface area contributed by atoms with Gasteiger partial charge in [0.25, 0.3) is 5.91 Å². The number of hydrogen-bond donors (Lipinski definition) is 1. The van der Waals surface area contributed by atoms with E-state index in [-0.39, 0.29) is 23.8 Å². The van der Waals surface area contributed by atoms with Crippen molar-refractivity contribution in [2.75, 3.05) is 6.54 Å². The normalized spacial score (nSPS) is 23.2. The Labute approximate surface area is 153 Å². The van der Waals surface area contributed by atoms with E-state index in [0.717, 1.165) is 29.7 Å². The molecule has 1 aliphatic carbocycles. The van der Waals surface area contributed by atoms with Gasteiger partial charge >= 0.3 is 12.0 Å². The molecular formula is C20H26N2O4. The number of carbonyl (C=O) groups is 3. The van der Waals surface area contributed by atoms with E-state index in [2.05, 4.69) is 26.1 Å². The maximum Gasteiger partial charge on any atom is 0.331 e. The third kappa shape index (κ3) is 3.32. The van der Waals surface area contributed by atoms with Gasteiger partial charge in [-0.3, -0.25) is 9.69 Å². The van der Waals surface area contributed by atoms with E-state index in [4.69, 9.17) is 4.74 Å². The minimum atomic E-state index is -0.884. The number of urea groups is 1.